The molecule has 3 heterocycles. The Morgan fingerprint density at radius 2 is 1.74 bits per heavy atom. The van der Waals surface area contributed by atoms with E-state index >= 15 is 0 Å². The van der Waals surface area contributed by atoms with Gasteiger partial charge in [-0.05, 0) is 46.0 Å². The number of benzene rings is 2. The van der Waals surface area contributed by atoms with Gasteiger partial charge in [0.05, 0.1) is 0 Å². The van der Waals surface area contributed by atoms with Gasteiger partial charge in [-0.3, -0.25) is 4.98 Å². The first-order valence-electron chi connectivity index (χ1n) is 12.0. The third-order valence-electron chi connectivity index (χ3n) is 6.00. The van der Waals surface area contributed by atoms with Gasteiger partial charge in [0, 0.05) is 31.1 Å². The van der Waals surface area contributed by atoms with Crippen LogP contribution in [0.15, 0.2) is 72.9 Å². The van der Waals surface area contributed by atoms with Crippen LogP contribution in [-0.2, 0) is 25.8 Å². The Hall–Kier alpha value is -4.20. The third kappa shape index (κ3) is 5.48. The quantitative estimate of drug-likeness (QED) is 0.322. The zero-order chi connectivity index (χ0) is 23.9. The Morgan fingerprint density at radius 3 is 2.51 bits per heavy atom. The van der Waals surface area contributed by atoms with Crippen LogP contribution in [0.3, 0.4) is 0 Å². The number of aryl methyl sites for hydroxylation is 3. The van der Waals surface area contributed by atoms with Gasteiger partial charge in [-0.1, -0.05) is 74.0 Å². The van der Waals surface area contributed by atoms with Gasteiger partial charge in [0.2, 0.25) is 0 Å². The number of aromatic amines is 1. The van der Waals surface area contributed by atoms with E-state index in [0.29, 0.717) is 5.82 Å². The maximum absolute atomic E-state index is 4.92. The van der Waals surface area contributed by atoms with Crippen LogP contribution in [0.4, 0.5) is 0 Å². The highest BCUT2D eigenvalue weighted by Gasteiger charge is 2.13. The molecular formula is C27H28N8. The van der Waals surface area contributed by atoms with E-state index in [1.807, 2.05) is 18.2 Å². The number of rotatable bonds is 10. The highest BCUT2D eigenvalue weighted by atomic mass is 15.5. The normalized spacial score (nSPS) is 11.1. The van der Waals surface area contributed by atoms with E-state index < -0.39 is 0 Å². The lowest BCUT2D eigenvalue weighted by Gasteiger charge is -2.08. The van der Waals surface area contributed by atoms with Crippen molar-refractivity contribution < 1.29 is 0 Å². The third-order valence-corrected chi connectivity index (χ3v) is 6.00. The predicted molar refractivity (Wildman–Crippen MR) is 134 cm³/mol. The van der Waals surface area contributed by atoms with Crippen LogP contribution < -0.4 is 0 Å². The number of hydrogen-bond acceptors (Lipinski definition) is 6. The van der Waals surface area contributed by atoms with Crippen LogP contribution in [-0.4, -0.2) is 40.4 Å². The number of H-pyrrole nitrogens is 1. The summed E-state index contributed by atoms with van der Waals surface area (Å²) in [5.41, 5.74) is 5.27. The van der Waals surface area contributed by atoms with Gasteiger partial charge in [0.25, 0.3) is 0 Å². The van der Waals surface area contributed by atoms with Crippen LogP contribution in [0.1, 0.15) is 42.5 Å². The summed E-state index contributed by atoms with van der Waals surface area (Å²) < 4.78 is 2.09. The maximum Gasteiger partial charge on any atom is 0.198 e. The maximum atomic E-state index is 4.92. The summed E-state index contributed by atoms with van der Waals surface area (Å²) in [4.78, 5) is 9.39. The monoisotopic (exact) mass is 464 g/mol. The van der Waals surface area contributed by atoms with E-state index in [9.17, 15) is 0 Å². The fraction of sp³-hybridized carbons (Fsp3) is 0.259. The molecule has 2 aromatic carbocycles. The van der Waals surface area contributed by atoms with Gasteiger partial charge in [-0.25, -0.2) is 14.8 Å². The Balaban J connectivity index is 1.34. The van der Waals surface area contributed by atoms with Gasteiger partial charge in [-0.15, -0.1) is 5.10 Å². The molecule has 5 aromatic rings. The standard InChI is InChI=1S/C27H28N8/c1-2-3-18-35-25(29-24(32-35)16-13-20-8-5-4-6-9-20)19-21-11-14-22(15-12-21)23-10-7-17-28-26(23)27-30-33-34-31-27/h4-12,14-15,17H,2-3,13,16,18-19H2,1H3,(H,30,31,33,34). The van der Waals surface area contributed by atoms with Crippen molar-refractivity contribution in [1.82, 2.24) is 40.4 Å². The van der Waals surface area contributed by atoms with E-state index in [4.69, 9.17) is 10.1 Å². The van der Waals surface area contributed by atoms with Gasteiger partial charge in [0.1, 0.15) is 11.5 Å². The van der Waals surface area contributed by atoms with E-state index in [1.54, 1.807) is 6.20 Å². The molecule has 0 saturated carbocycles. The fourth-order valence-corrected chi connectivity index (χ4v) is 4.12. The highest BCUT2D eigenvalue weighted by Crippen LogP contribution is 2.28. The molecule has 0 amide bonds. The van der Waals surface area contributed by atoms with Crippen LogP contribution in [0, 0.1) is 0 Å². The van der Waals surface area contributed by atoms with E-state index in [0.717, 1.165) is 67.1 Å². The van der Waals surface area contributed by atoms with Gasteiger partial charge in [-0.2, -0.15) is 5.10 Å². The Bertz CT molecular complexity index is 1340. The first-order valence-corrected chi connectivity index (χ1v) is 12.0. The van der Waals surface area contributed by atoms with Crippen molar-refractivity contribution in [2.45, 2.75) is 45.6 Å². The molecule has 0 fully saturated rings. The van der Waals surface area contributed by atoms with Gasteiger partial charge in [0.15, 0.2) is 11.6 Å². The number of nitrogens with zero attached hydrogens (tertiary/aromatic N) is 7. The van der Waals surface area contributed by atoms with Crippen LogP contribution in [0.25, 0.3) is 22.6 Å². The van der Waals surface area contributed by atoms with Crippen LogP contribution in [0.5, 0.6) is 0 Å². The van der Waals surface area contributed by atoms with Crippen molar-refractivity contribution in [3.05, 3.63) is 95.7 Å². The van der Waals surface area contributed by atoms with Crippen molar-refractivity contribution in [3.8, 4) is 22.6 Å². The zero-order valence-corrected chi connectivity index (χ0v) is 19.8. The van der Waals surface area contributed by atoms with Crippen LogP contribution in [0.2, 0.25) is 0 Å². The molecule has 8 nitrogen and oxygen atoms in total. The summed E-state index contributed by atoms with van der Waals surface area (Å²) in [6.07, 6.45) is 6.49. The Morgan fingerprint density at radius 1 is 0.886 bits per heavy atom. The molecule has 0 unspecified atom stereocenters. The van der Waals surface area contributed by atoms with Crippen molar-refractivity contribution >= 4 is 0 Å². The summed E-state index contributed by atoms with van der Waals surface area (Å²) >= 11 is 0. The van der Waals surface area contributed by atoms with Crippen molar-refractivity contribution in [2.24, 2.45) is 0 Å². The average molecular weight is 465 g/mol. The lowest BCUT2D eigenvalue weighted by Crippen LogP contribution is -2.06. The minimum atomic E-state index is 0.553. The highest BCUT2D eigenvalue weighted by molar-refractivity contribution is 5.77. The molecule has 0 aliphatic carbocycles. The fourth-order valence-electron chi connectivity index (χ4n) is 4.12. The average Bonchev–Trinajstić information content (AvgIpc) is 3.58. The number of tetrazole rings is 1. The van der Waals surface area contributed by atoms with Crippen molar-refractivity contribution in [2.75, 3.05) is 0 Å². The summed E-state index contributed by atoms with van der Waals surface area (Å²) in [5, 5.41) is 19.0. The smallest absolute Gasteiger partial charge is 0.198 e. The van der Waals surface area contributed by atoms with Gasteiger partial charge < -0.3 is 0 Å². The second-order valence-corrected chi connectivity index (χ2v) is 8.53. The zero-order valence-electron chi connectivity index (χ0n) is 19.8. The van der Waals surface area contributed by atoms with E-state index in [2.05, 4.69) is 85.7 Å². The molecule has 0 aliphatic rings. The van der Waals surface area contributed by atoms with E-state index in [1.165, 1.54) is 11.1 Å². The minimum Gasteiger partial charge on any atom is -0.252 e. The topological polar surface area (TPSA) is 98.1 Å². The largest absolute Gasteiger partial charge is 0.252 e. The first kappa shape index (κ1) is 22.6. The molecule has 176 valence electrons. The molecule has 8 heteroatoms. The van der Waals surface area contributed by atoms with Crippen molar-refractivity contribution in [1.29, 1.82) is 0 Å². The molecule has 0 spiro atoms. The second kappa shape index (κ2) is 10.8. The van der Waals surface area contributed by atoms with E-state index in [-0.39, 0.29) is 0 Å². The molecular weight excluding hydrogens is 436 g/mol. The first-order chi connectivity index (χ1) is 17.3. The summed E-state index contributed by atoms with van der Waals surface area (Å²) in [6.45, 7) is 3.10. The predicted octanol–water partition coefficient (Wildman–Crippen LogP) is 4.70. The van der Waals surface area contributed by atoms with Crippen LogP contribution >= 0.6 is 0 Å². The van der Waals surface area contributed by atoms with Crippen molar-refractivity contribution in [3.63, 3.8) is 0 Å². The molecule has 3 aromatic heterocycles. The lowest BCUT2D eigenvalue weighted by atomic mass is 10.0. The summed E-state index contributed by atoms with van der Waals surface area (Å²) in [5.74, 6) is 2.48. The molecule has 35 heavy (non-hydrogen) atoms. The molecule has 0 aliphatic heterocycles. The molecule has 1 N–H and O–H groups in total. The molecule has 5 rings (SSSR count). The number of aromatic nitrogens is 8. The molecule has 0 saturated heterocycles. The molecule has 0 radical (unpaired) electrons. The Labute approximate surface area is 204 Å². The Kier molecular flexibility index (Phi) is 6.98. The number of hydrogen-bond donors (Lipinski definition) is 1. The number of unbranched alkanes of at least 4 members (excludes halogenated alkanes) is 1. The van der Waals surface area contributed by atoms with Gasteiger partial charge >= 0.3 is 0 Å². The number of pyridine rings is 1. The second-order valence-electron chi connectivity index (χ2n) is 8.53. The summed E-state index contributed by atoms with van der Waals surface area (Å²) in [6, 6.07) is 23.0. The lowest BCUT2D eigenvalue weighted by molar-refractivity contribution is 0.545. The number of nitrogens with one attached hydrogen (secondary N) is 1. The molecule has 0 bridgehead atoms. The SMILES string of the molecule is CCCCn1nc(CCc2ccccc2)nc1Cc1ccc(-c2cccnc2-c2nnn[nH]2)cc1. The molecule has 0 atom stereocenters. The summed E-state index contributed by atoms with van der Waals surface area (Å²) in [7, 11) is 0. The minimum absolute atomic E-state index is 0.553.